The second-order valence-electron chi connectivity index (χ2n) is 4.38. The van der Waals surface area contributed by atoms with E-state index in [1.54, 1.807) is 18.4 Å². The molecule has 0 aliphatic carbocycles. The number of halogens is 1. The molecule has 0 fully saturated rings. The molecular weight excluding hydrogens is 294 g/mol. The Morgan fingerprint density at radius 1 is 1.35 bits per heavy atom. The Morgan fingerprint density at radius 2 is 2.20 bits per heavy atom. The quantitative estimate of drug-likeness (QED) is 0.772. The first kappa shape index (κ1) is 13.5. The number of fused-ring (bicyclic) bond motifs is 1. The molecule has 1 atom stereocenters. The number of nitrogens with one attached hydrogen (secondary N) is 1. The summed E-state index contributed by atoms with van der Waals surface area (Å²) < 4.78 is 11.3. The lowest BCUT2D eigenvalue weighted by Gasteiger charge is -2.13. The molecule has 1 N–H and O–H groups in total. The average Bonchev–Trinajstić information content (AvgIpc) is 3.07. The van der Waals surface area contributed by atoms with Gasteiger partial charge in [-0.15, -0.1) is 11.3 Å². The molecule has 20 heavy (non-hydrogen) atoms. The maximum absolute atomic E-state index is 6.17. The Bertz CT molecular complexity index is 734. The van der Waals surface area contributed by atoms with Crippen LogP contribution in [-0.4, -0.2) is 14.2 Å². The van der Waals surface area contributed by atoms with Crippen molar-refractivity contribution in [3.63, 3.8) is 0 Å². The zero-order valence-electron chi connectivity index (χ0n) is 11.1. The maximum atomic E-state index is 6.17. The van der Waals surface area contributed by atoms with Gasteiger partial charge in [-0.3, -0.25) is 0 Å². The lowest BCUT2D eigenvalue weighted by Crippen LogP contribution is -2.16. The minimum atomic E-state index is -0.0478. The van der Waals surface area contributed by atoms with Crippen molar-refractivity contribution in [3.05, 3.63) is 51.4 Å². The molecule has 0 amide bonds. The molecule has 0 spiro atoms. The van der Waals surface area contributed by atoms with Gasteiger partial charge in [0.05, 0.1) is 17.0 Å². The Hall–Kier alpha value is -1.49. The molecule has 3 aromatic rings. The fourth-order valence-corrected chi connectivity index (χ4v) is 3.48. The van der Waals surface area contributed by atoms with Crippen molar-refractivity contribution in [2.24, 2.45) is 0 Å². The summed E-state index contributed by atoms with van der Waals surface area (Å²) in [7, 11) is 3.58. The van der Waals surface area contributed by atoms with Crippen molar-refractivity contribution in [1.29, 1.82) is 0 Å². The van der Waals surface area contributed by atoms with Crippen LogP contribution in [0.4, 0.5) is 0 Å². The number of ether oxygens (including phenoxy) is 1. The van der Waals surface area contributed by atoms with E-state index in [1.807, 2.05) is 42.8 Å². The van der Waals surface area contributed by atoms with Crippen molar-refractivity contribution in [3.8, 4) is 5.75 Å². The van der Waals surface area contributed by atoms with Crippen LogP contribution < -0.4 is 10.1 Å². The second kappa shape index (κ2) is 5.48. The van der Waals surface area contributed by atoms with Crippen LogP contribution in [0.15, 0.2) is 40.1 Å². The van der Waals surface area contributed by atoms with Gasteiger partial charge in [-0.25, -0.2) is 0 Å². The van der Waals surface area contributed by atoms with Gasteiger partial charge in [0, 0.05) is 5.39 Å². The van der Waals surface area contributed by atoms with Gasteiger partial charge in [0.2, 0.25) is 0 Å². The summed E-state index contributed by atoms with van der Waals surface area (Å²) in [6.45, 7) is 0. The molecule has 0 radical (unpaired) electrons. The summed E-state index contributed by atoms with van der Waals surface area (Å²) >= 11 is 7.80. The third-order valence-electron chi connectivity index (χ3n) is 3.23. The molecule has 104 valence electrons. The van der Waals surface area contributed by atoms with Crippen LogP contribution in [0.2, 0.25) is 5.02 Å². The largest absolute Gasteiger partial charge is 0.496 e. The molecule has 0 aliphatic heterocycles. The predicted octanol–water partition coefficient (Wildman–Crippen LogP) is 4.47. The van der Waals surface area contributed by atoms with Crippen LogP contribution >= 0.6 is 22.9 Å². The van der Waals surface area contributed by atoms with E-state index in [9.17, 15) is 0 Å². The van der Waals surface area contributed by atoms with E-state index in [2.05, 4.69) is 5.32 Å². The van der Waals surface area contributed by atoms with E-state index in [0.717, 1.165) is 27.4 Å². The molecule has 2 aromatic heterocycles. The van der Waals surface area contributed by atoms with Crippen LogP contribution in [0, 0.1) is 0 Å². The van der Waals surface area contributed by atoms with Gasteiger partial charge in [0.15, 0.2) is 5.58 Å². The van der Waals surface area contributed by atoms with Crippen molar-refractivity contribution in [2.75, 3.05) is 14.2 Å². The van der Waals surface area contributed by atoms with Crippen LogP contribution in [0.1, 0.15) is 16.7 Å². The molecule has 3 nitrogen and oxygen atoms in total. The summed E-state index contributed by atoms with van der Waals surface area (Å²) in [6, 6.07) is 9.67. The molecule has 0 saturated carbocycles. The molecule has 1 aromatic carbocycles. The van der Waals surface area contributed by atoms with E-state index in [-0.39, 0.29) is 6.04 Å². The fraction of sp³-hybridized carbons (Fsp3) is 0.200. The lowest BCUT2D eigenvalue weighted by molar-refractivity contribution is 0.403. The zero-order chi connectivity index (χ0) is 14.1. The number of para-hydroxylation sites is 1. The number of benzene rings is 1. The Morgan fingerprint density at radius 3 is 2.90 bits per heavy atom. The third kappa shape index (κ3) is 2.20. The SMILES string of the molecule is CNC(c1cc2cccc(Cl)c2o1)c1sccc1OC. The van der Waals surface area contributed by atoms with Crippen LogP contribution in [-0.2, 0) is 0 Å². The van der Waals surface area contributed by atoms with E-state index < -0.39 is 0 Å². The van der Waals surface area contributed by atoms with Crippen molar-refractivity contribution < 1.29 is 9.15 Å². The van der Waals surface area contributed by atoms with Crippen molar-refractivity contribution in [1.82, 2.24) is 5.32 Å². The summed E-state index contributed by atoms with van der Waals surface area (Å²) in [5.41, 5.74) is 0.722. The zero-order valence-corrected chi connectivity index (χ0v) is 12.7. The molecule has 3 rings (SSSR count). The summed E-state index contributed by atoms with van der Waals surface area (Å²) in [6.07, 6.45) is 0. The third-order valence-corrected chi connectivity index (χ3v) is 4.49. The maximum Gasteiger partial charge on any atom is 0.152 e. The van der Waals surface area contributed by atoms with E-state index in [1.165, 1.54) is 0 Å². The number of hydrogen-bond acceptors (Lipinski definition) is 4. The monoisotopic (exact) mass is 307 g/mol. The summed E-state index contributed by atoms with van der Waals surface area (Å²) in [5, 5.41) is 6.91. The van der Waals surface area contributed by atoms with Gasteiger partial charge < -0.3 is 14.5 Å². The Kier molecular flexibility index (Phi) is 3.70. The standard InChI is InChI=1S/C15H14ClNO2S/c1-17-13(15-11(18-2)6-7-20-15)12-8-9-4-3-5-10(16)14(9)19-12/h3-8,13,17H,1-2H3. The highest BCUT2D eigenvalue weighted by Gasteiger charge is 2.22. The number of hydrogen-bond donors (Lipinski definition) is 1. The van der Waals surface area contributed by atoms with Gasteiger partial charge in [0.1, 0.15) is 17.6 Å². The lowest BCUT2D eigenvalue weighted by atomic mass is 10.1. The van der Waals surface area contributed by atoms with Crippen LogP contribution in [0.5, 0.6) is 5.75 Å². The normalized spacial score (nSPS) is 12.8. The molecule has 1 unspecified atom stereocenters. The minimum Gasteiger partial charge on any atom is -0.496 e. The molecule has 5 heteroatoms. The highest BCUT2D eigenvalue weighted by Crippen LogP contribution is 2.37. The van der Waals surface area contributed by atoms with Gasteiger partial charge in [-0.05, 0) is 30.6 Å². The van der Waals surface area contributed by atoms with E-state index in [4.69, 9.17) is 20.8 Å². The van der Waals surface area contributed by atoms with Gasteiger partial charge in [-0.2, -0.15) is 0 Å². The van der Waals surface area contributed by atoms with Crippen molar-refractivity contribution in [2.45, 2.75) is 6.04 Å². The highest BCUT2D eigenvalue weighted by molar-refractivity contribution is 7.10. The van der Waals surface area contributed by atoms with Gasteiger partial charge >= 0.3 is 0 Å². The molecular formula is C15H14ClNO2S. The van der Waals surface area contributed by atoms with Crippen LogP contribution in [0.25, 0.3) is 11.0 Å². The Balaban J connectivity index is 2.10. The summed E-state index contributed by atoms with van der Waals surface area (Å²) in [5.74, 6) is 1.69. The molecule has 0 aliphatic rings. The number of furan rings is 1. The topological polar surface area (TPSA) is 34.4 Å². The first-order valence-electron chi connectivity index (χ1n) is 6.21. The van der Waals surface area contributed by atoms with Crippen molar-refractivity contribution >= 4 is 33.9 Å². The fourth-order valence-electron chi connectivity index (χ4n) is 2.28. The van der Waals surface area contributed by atoms with E-state index in [0.29, 0.717) is 5.02 Å². The first-order chi connectivity index (χ1) is 9.74. The highest BCUT2D eigenvalue weighted by atomic mass is 35.5. The number of methoxy groups -OCH3 is 1. The number of thiophene rings is 1. The second-order valence-corrected chi connectivity index (χ2v) is 5.74. The van der Waals surface area contributed by atoms with E-state index >= 15 is 0 Å². The molecule has 0 saturated heterocycles. The smallest absolute Gasteiger partial charge is 0.152 e. The predicted molar refractivity (Wildman–Crippen MR) is 83.0 cm³/mol. The van der Waals surface area contributed by atoms with Gasteiger partial charge in [0.25, 0.3) is 0 Å². The average molecular weight is 308 g/mol. The van der Waals surface area contributed by atoms with Gasteiger partial charge in [-0.1, -0.05) is 23.7 Å². The number of rotatable bonds is 4. The van der Waals surface area contributed by atoms with Crippen LogP contribution in [0.3, 0.4) is 0 Å². The summed E-state index contributed by atoms with van der Waals surface area (Å²) in [4.78, 5) is 1.09. The molecule has 2 heterocycles. The first-order valence-corrected chi connectivity index (χ1v) is 7.47. The Labute approximate surface area is 126 Å². The minimum absolute atomic E-state index is 0.0478. The molecule has 0 bridgehead atoms.